The highest BCUT2D eigenvalue weighted by Gasteiger charge is 2.25. The number of rotatable bonds is 9. The molecule has 96 valence electrons. The maximum absolute atomic E-state index is 11.5. The van der Waals surface area contributed by atoms with Gasteiger partial charge in [0.05, 0.1) is 0 Å². The molecule has 0 bridgehead atoms. The quantitative estimate of drug-likeness (QED) is 0.511. The van der Waals surface area contributed by atoms with Crippen LogP contribution in [-0.4, -0.2) is 29.3 Å². The van der Waals surface area contributed by atoms with Crippen LogP contribution >= 0.6 is 23.4 Å². The number of halogens is 1. The molecule has 0 saturated carbocycles. The van der Waals surface area contributed by atoms with Crippen molar-refractivity contribution >= 4 is 29.3 Å². The van der Waals surface area contributed by atoms with Gasteiger partial charge in [-0.15, -0.1) is 11.6 Å². The number of hydrogen-bond donors (Lipinski definition) is 1. The molecule has 0 spiro atoms. The van der Waals surface area contributed by atoms with Gasteiger partial charge in [0.2, 0.25) is 5.91 Å². The fourth-order valence-corrected chi connectivity index (χ4v) is 2.57. The predicted octanol–water partition coefficient (Wildman–Crippen LogP) is 3.43. The molecule has 4 heteroatoms. The summed E-state index contributed by atoms with van der Waals surface area (Å²) in [4.78, 5) is 11.5. The molecule has 0 rings (SSSR count). The first-order chi connectivity index (χ1) is 7.64. The first kappa shape index (κ1) is 16.1. The van der Waals surface area contributed by atoms with E-state index in [0.717, 1.165) is 32.2 Å². The number of thioether (sulfide) groups is 1. The van der Waals surface area contributed by atoms with Crippen LogP contribution < -0.4 is 5.32 Å². The smallest absolute Gasteiger partial charge is 0.220 e. The highest BCUT2D eigenvalue weighted by Crippen LogP contribution is 2.29. The fraction of sp³-hybridized carbons (Fsp3) is 0.917. The van der Waals surface area contributed by atoms with Gasteiger partial charge in [0.25, 0.3) is 0 Å². The van der Waals surface area contributed by atoms with Gasteiger partial charge in [0.15, 0.2) is 0 Å². The molecule has 0 aromatic carbocycles. The summed E-state index contributed by atoms with van der Waals surface area (Å²) < 4.78 is 0.210. The maximum Gasteiger partial charge on any atom is 0.220 e. The van der Waals surface area contributed by atoms with Crippen molar-refractivity contribution in [3.8, 4) is 0 Å². The second-order valence-corrected chi connectivity index (χ2v) is 5.67. The van der Waals surface area contributed by atoms with Gasteiger partial charge in [-0.2, -0.15) is 11.8 Å². The minimum atomic E-state index is 0.158. The van der Waals surface area contributed by atoms with Crippen LogP contribution in [0.4, 0.5) is 0 Å². The zero-order chi connectivity index (χ0) is 12.4. The van der Waals surface area contributed by atoms with Crippen molar-refractivity contribution in [1.82, 2.24) is 5.32 Å². The van der Waals surface area contributed by atoms with Gasteiger partial charge >= 0.3 is 0 Å². The van der Waals surface area contributed by atoms with Crippen LogP contribution in [-0.2, 0) is 4.79 Å². The lowest BCUT2D eigenvalue weighted by atomic mass is 10.0. The molecule has 0 saturated heterocycles. The number of hydrogen-bond acceptors (Lipinski definition) is 2. The van der Waals surface area contributed by atoms with Gasteiger partial charge in [-0.3, -0.25) is 4.79 Å². The molecule has 0 aromatic rings. The highest BCUT2D eigenvalue weighted by molar-refractivity contribution is 8.00. The third-order valence-corrected chi connectivity index (χ3v) is 4.97. The molecular weight excluding hydrogens is 242 g/mol. The molecule has 16 heavy (non-hydrogen) atoms. The summed E-state index contributed by atoms with van der Waals surface area (Å²) in [6.45, 7) is 5.14. The van der Waals surface area contributed by atoms with Crippen LogP contribution in [0.1, 0.15) is 46.0 Å². The zero-order valence-corrected chi connectivity index (χ0v) is 12.2. The predicted molar refractivity (Wildman–Crippen MR) is 74.4 cm³/mol. The van der Waals surface area contributed by atoms with Crippen molar-refractivity contribution in [1.29, 1.82) is 0 Å². The molecule has 0 aliphatic rings. The number of carbonyl (C=O) groups excluding carboxylic acids is 1. The zero-order valence-electron chi connectivity index (χ0n) is 10.6. The molecule has 0 aromatic heterocycles. The molecule has 0 aliphatic carbocycles. The highest BCUT2D eigenvalue weighted by atomic mass is 35.5. The van der Waals surface area contributed by atoms with Crippen LogP contribution in [0.3, 0.4) is 0 Å². The van der Waals surface area contributed by atoms with Gasteiger partial charge in [-0.1, -0.05) is 13.8 Å². The SMILES string of the molecule is CCC(CC)(CNC(=O)CCCCCl)SC. The van der Waals surface area contributed by atoms with Crippen molar-refractivity contribution in [2.24, 2.45) is 0 Å². The molecule has 0 aliphatic heterocycles. The average Bonchev–Trinajstić information content (AvgIpc) is 2.32. The molecule has 2 nitrogen and oxygen atoms in total. The van der Waals surface area contributed by atoms with Crippen molar-refractivity contribution < 1.29 is 4.79 Å². The van der Waals surface area contributed by atoms with Crippen LogP contribution in [0.25, 0.3) is 0 Å². The Labute approximate surface area is 109 Å². The molecule has 0 heterocycles. The number of alkyl halides is 1. The summed E-state index contributed by atoms with van der Waals surface area (Å²) >= 11 is 7.42. The summed E-state index contributed by atoms with van der Waals surface area (Å²) in [6, 6.07) is 0. The van der Waals surface area contributed by atoms with Crippen molar-refractivity contribution in [3.63, 3.8) is 0 Å². The van der Waals surface area contributed by atoms with E-state index in [0.29, 0.717) is 12.3 Å². The Balaban J connectivity index is 3.87. The molecule has 0 radical (unpaired) electrons. The van der Waals surface area contributed by atoms with Crippen molar-refractivity contribution in [2.45, 2.75) is 50.7 Å². The standard InChI is InChI=1S/C12H24ClNOS/c1-4-12(5-2,16-3)10-14-11(15)8-6-7-9-13/h4-10H2,1-3H3,(H,14,15). The van der Waals surface area contributed by atoms with Gasteiger partial charge in [0.1, 0.15) is 0 Å². The number of nitrogens with one attached hydrogen (secondary N) is 1. The van der Waals surface area contributed by atoms with Gasteiger partial charge in [-0.05, 0) is 31.9 Å². The van der Waals surface area contributed by atoms with E-state index < -0.39 is 0 Å². The normalized spacial score (nSPS) is 11.5. The Hall–Kier alpha value is 0.110. The average molecular weight is 266 g/mol. The van der Waals surface area contributed by atoms with Crippen LogP contribution in [0, 0.1) is 0 Å². The Kier molecular flexibility index (Phi) is 9.24. The van der Waals surface area contributed by atoms with Gasteiger partial charge in [0, 0.05) is 23.6 Å². The summed E-state index contributed by atoms with van der Waals surface area (Å²) in [5.74, 6) is 0.803. The van der Waals surface area contributed by atoms with E-state index in [1.807, 2.05) is 11.8 Å². The molecule has 0 unspecified atom stereocenters. The van der Waals surface area contributed by atoms with Crippen LogP contribution in [0.5, 0.6) is 0 Å². The molecular formula is C12H24ClNOS. The minimum Gasteiger partial charge on any atom is -0.355 e. The van der Waals surface area contributed by atoms with E-state index in [1.165, 1.54) is 0 Å². The van der Waals surface area contributed by atoms with Gasteiger partial charge < -0.3 is 5.32 Å². The van der Waals surface area contributed by atoms with E-state index in [2.05, 4.69) is 25.4 Å². The molecule has 0 atom stereocenters. The Morgan fingerprint density at radius 1 is 1.31 bits per heavy atom. The molecule has 1 N–H and O–H groups in total. The first-order valence-corrected chi connectivity index (χ1v) is 7.78. The lowest BCUT2D eigenvalue weighted by Crippen LogP contribution is -2.39. The van der Waals surface area contributed by atoms with Crippen LogP contribution in [0.15, 0.2) is 0 Å². The van der Waals surface area contributed by atoms with E-state index in [-0.39, 0.29) is 10.7 Å². The van der Waals surface area contributed by atoms with Crippen molar-refractivity contribution in [3.05, 3.63) is 0 Å². The largest absolute Gasteiger partial charge is 0.355 e. The Morgan fingerprint density at radius 3 is 2.38 bits per heavy atom. The second kappa shape index (κ2) is 9.17. The topological polar surface area (TPSA) is 29.1 Å². The first-order valence-electron chi connectivity index (χ1n) is 6.02. The Morgan fingerprint density at radius 2 is 1.94 bits per heavy atom. The number of unbranched alkanes of at least 4 members (excludes halogenated alkanes) is 1. The van der Waals surface area contributed by atoms with E-state index >= 15 is 0 Å². The second-order valence-electron chi connectivity index (χ2n) is 4.02. The fourth-order valence-electron chi connectivity index (χ4n) is 1.59. The summed E-state index contributed by atoms with van der Waals surface area (Å²) in [5, 5.41) is 3.03. The summed E-state index contributed by atoms with van der Waals surface area (Å²) in [7, 11) is 0. The van der Waals surface area contributed by atoms with E-state index in [9.17, 15) is 4.79 Å². The summed E-state index contributed by atoms with van der Waals surface area (Å²) in [6.07, 6.45) is 6.71. The van der Waals surface area contributed by atoms with Crippen molar-refractivity contribution in [2.75, 3.05) is 18.7 Å². The maximum atomic E-state index is 11.5. The van der Waals surface area contributed by atoms with E-state index in [4.69, 9.17) is 11.6 Å². The molecule has 0 fully saturated rings. The number of carbonyl (C=O) groups is 1. The Bertz CT molecular complexity index is 187. The van der Waals surface area contributed by atoms with Crippen LogP contribution in [0.2, 0.25) is 0 Å². The third kappa shape index (κ3) is 6.00. The molecule has 1 amide bonds. The lowest BCUT2D eigenvalue weighted by molar-refractivity contribution is -0.121. The number of amides is 1. The van der Waals surface area contributed by atoms with E-state index in [1.54, 1.807) is 0 Å². The minimum absolute atomic E-state index is 0.158. The third-order valence-electron chi connectivity index (χ3n) is 3.12. The van der Waals surface area contributed by atoms with Gasteiger partial charge in [-0.25, -0.2) is 0 Å². The lowest BCUT2D eigenvalue weighted by Gasteiger charge is -2.29. The monoisotopic (exact) mass is 265 g/mol. The summed E-state index contributed by atoms with van der Waals surface area (Å²) in [5.41, 5.74) is 0.